The van der Waals surface area contributed by atoms with Crippen molar-refractivity contribution in [3.8, 4) is 11.5 Å². The summed E-state index contributed by atoms with van der Waals surface area (Å²) in [7, 11) is 3.17. The maximum Gasteiger partial charge on any atom is 0.251 e. The van der Waals surface area contributed by atoms with E-state index in [0.29, 0.717) is 30.0 Å². The number of hydrogen-bond donors (Lipinski definition) is 1. The van der Waals surface area contributed by atoms with Crippen LogP contribution in [0, 0.1) is 0 Å². The summed E-state index contributed by atoms with van der Waals surface area (Å²) >= 11 is 1.67. The normalized spacial score (nSPS) is 11.9. The lowest BCUT2D eigenvalue weighted by Crippen LogP contribution is -2.38. The fourth-order valence-corrected chi connectivity index (χ4v) is 4.07. The number of thiophene rings is 1. The van der Waals surface area contributed by atoms with Gasteiger partial charge in [0.15, 0.2) is 11.5 Å². The Balaban J connectivity index is 2.23. The highest BCUT2D eigenvalue weighted by Gasteiger charge is 2.21. The minimum absolute atomic E-state index is 0.126. The molecule has 1 unspecified atom stereocenters. The number of benzene rings is 1. The number of likely N-dealkylation sites (N-methyl/N-ethyl adjacent to an activating group) is 1. The van der Waals surface area contributed by atoms with Crippen molar-refractivity contribution >= 4 is 17.2 Å². The monoisotopic (exact) mass is 402 g/mol. The second kappa shape index (κ2) is 10.9. The Morgan fingerprint density at radius 3 is 2.57 bits per heavy atom. The van der Waals surface area contributed by atoms with Crippen molar-refractivity contribution in [1.29, 1.82) is 0 Å². The highest BCUT2D eigenvalue weighted by molar-refractivity contribution is 7.07. The van der Waals surface area contributed by atoms with Gasteiger partial charge < -0.3 is 14.8 Å². The van der Waals surface area contributed by atoms with Crippen LogP contribution >= 0.6 is 11.3 Å². The lowest BCUT2D eigenvalue weighted by Gasteiger charge is -2.29. The van der Waals surface area contributed by atoms with Crippen molar-refractivity contribution in [1.82, 2.24) is 10.2 Å². The molecule has 1 aromatic carbocycles. The van der Waals surface area contributed by atoms with Crippen LogP contribution in [0.3, 0.4) is 0 Å². The van der Waals surface area contributed by atoms with Gasteiger partial charge in [-0.3, -0.25) is 9.69 Å². The van der Waals surface area contributed by atoms with E-state index in [1.54, 1.807) is 37.7 Å². The largest absolute Gasteiger partial charge is 0.493 e. The summed E-state index contributed by atoms with van der Waals surface area (Å²) in [4.78, 5) is 15.2. The number of nitrogens with one attached hydrogen (secondary N) is 1. The molecule has 0 spiro atoms. The average molecular weight is 403 g/mol. The van der Waals surface area contributed by atoms with Crippen molar-refractivity contribution in [2.45, 2.75) is 26.3 Å². The van der Waals surface area contributed by atoms with Crippen LogP contribution in [0.1, 0.15) is 41.4 Å². The Kier molecular flexibility index (Phi) is 8.54. The third-order valence-electron chi connectivity index (χ3n) is 4.82. The van der Waals surface area contributed by atoms with Crippen molar-refractivity contribution < 1.29 is 14.3 Å². The number of nitrogens with zero attached hydrogens (tertiary/aromatic N) is 1. The molecule has 0 radical (unpaired) electrons. The maximum absolute atomic E-state index is 12.9. The molecule has 0 aliphatic rings. The number of carbonyl (C=O) groups excluding carboxylic acids is 1. The first-order valence-corrected chi connectivity index (χ1v) is 10.4. The van der Waals surface area contributed by atoms with Gasteiger partial charge in [-0.05, 0) is 54.0 Å². The molecule has 5 nitrogen and oxygen atoms in total. The number of ether oxygens (including phenoxy) is 2. The van der Waals surface area contributed by atoms with Gasteiger partial charge in [-0.15, -0.1) is 6.58 Å². The highest BCUT2D eigenvalue weighted by Crippen LogP contribution is 2.33. The van der Waals surface area contributed by atoms with E-state index < -0.39 is 0 Å². The molecular formula is C22H30N2O3S. The summed E-state index contributed by atoms with van der Waals surface area (Å²) in [6.45, 7) is 10.5. The predicted molar refractivity (Wildman–Crippen MR) is 116 cm³/mol. The standard InChI is InChI=1S/C22H30N2O3S/c1-6-9-16-12-18(13-20(26-4)21(16)27-5)22(25)23-14-19(24(7-2)8-3)17-10-11-28-15-17/h6,10-13,15,19H,1,7-9,14H2,2-5H3,(H,23,25). The van der Waals surface area contributed by atoms with Crippen LogP contribution in [0.4, 0.5) is 0 Å². The quantitative estimate of drug-likeness (QED) is 0.569. The first-order chi connectivity index (χ1) is 13.6. The molecule has 2 rings (SSSR count). The van der Waals surface area contributed by atoms with Gasteiger partial charge >= 0.3 is 0 Å². The first kappa shape index (κ1) is 22.0. The van der Waals surface area contributed by atoms with E-state index in [0.717, 1.165) is 18.7 Å². The zero-order valence-electron chi connectivity index (χ0n) is 17.2. The molecular weight excluding hydrogens is 372 g/mol. The summed E-state index contributed by atoms with van der Waals surface area (Å²) in [6, 6.07) is 5.84. The molecule has 0 saturated heterocycles. The van der Waals surface area contributed by atoms with Gasteiger partial charge in [-0.2, -0.15) is 11.3 Å². The molecule has 1 aromatic heterocycles. The van der Waals surface area contributed by atoms with Gasteiger partial charge in [-0.1, -0.05) is 19.9 Å². The zero-order chi connectivity index (χ0) is 20.5. The average Bonchev–Trinajstić information content (AvgIpc) is 3.24. The van der Waals surface area contributed by atoms with Crippen molar-refractivity contribution in [2.75, 3.05) is 33.9 Å². The third-order valence-corrected chi connectivity index (χ3v) is 5.52. The van der Waals surface area contributed by atoms with E-state index in [-0.39, 0.29) is 11.9 Å². The molecule has 1 amide bonds. The van der Waals surface area contributed by atoms with Crippen LogP contribution in [0.15, 0.2) is 41.6 Å². The molecule has 2 aromatic rings. The van der Waals surface area contributed by atoms with Crippen LogP contribution in [-0.2, 0) is 6.42 Å². The van der Waals surface area contributed by atoms with Crippen molar-refractivity contribution in [3.05, 3.63) is 58.3 Å². The van der Waals surface area contributed by atoms with Gasteiger partial charge in [0.1, 0.15) is 0 Å². The summed E-state index contributed by atoms with van der Waals surface area (Å²) in [5.41, 5.74) is 2.66. The second-order valence-corrected chi connectivity index (χ2v) is 7.15. The molecule has 1 heterocycles. The lowest BCUT2D eigenvalue weighted by atomic mass is 10.0. The fraction of sp³-hybridized carbons (Fsp3) is 0.409. The Bertz CT molecular complexity index is 770. The molecule has 1 N–H and O–H groups in total. The van der Waals surface area contributed by atoms with Crippen molar-refractivity contribution in [2.24, 2.45) is 0 Å². The van der Waals surface area contributed by atoms with Gasteiger partial charge in [0.05, 0.1) is 20.3 Å². The minimum Gasteiger partial charge on any atom is -0.493 e. The number of carbonyl (C=O) groups is 1. The van der Waals surface area contributed by atoms with E-state index in [2.05, 4.69) is 47.5 Å². The molecule has 6 heteroatoms. The minimum atomic E-state index is -0.126. The van der Waals surface area contributed by atoms with E-state index >= 15 is 0 Å². The smallest absolute Gasteiger partial charge is 0.251 e. The summed E-state index contributed by atoms with van der Waals surface area (Å²) in [5, 5.41) is 7.32. The molecule has 0 bridgehead atoms. The van der Waals surface area contributed by atoms with Gasteiger partial charge in [0.25, 0.3) is 5.91 Å². The number of amides is 1. The molecule has 0 saturated carbocycles. The summed E-state index contributed by atoms with van der Waals surface area (Å²) < 4.78 is 10.9. The number of hydrogen-bond acceptors (Lipinski definition) is 5. The SMILES string of the molecule is C=CCc1cc(C(=O)NCC(c2ccsc2)N(CC)CC)cc(OC)c1OC. The number of methoxy groups -OCH3 is 2. The van der Waals surface area contributed by atoms with E-state index in [1.807, 2.05) is 6.07 Å². The lowest BCUT2D eigenvalue weighted by molar-refractivity contribution is 0.0934. The molecule has 28 heavy (non-hydrogen) atoms. The molecule has 0 fully saturated rings. The van der Waals surface area contributed by atoms with Crippen LogP contribution in [0.2, 0.25) is 0 Å². The topological polar surface area (TPSA) is 50.8 Å². The second-order valence-electron chi connectivity index (χ2n) is 6.37. The van der Waals surface area contributed by atoms with Crippen LogP contribution in [0.5, 0.6) is 11.5 Å². The molecule has 0 aliphatic heterocycles. The number of allylic oxidation sites excluding steroid dienone is 1. The van der Waals surface area contributed by atoms with E-state index in [4.69, 9.17) is 9.47 Å². The van der Waals surface area contributed by atoms with Gasteiger partial charge in [0.2, 0.25) is 0 Å². The summed E-state index contributed by atoms with van der Waals surface area (Å²) in [5.74, 6) is 1.06. The third kappa shape index (κ3) is 5.14. The van der Waals surface area contributed by atoms with Gasteiger partial charge in [0, 0.05) is 17.7 Å². The van der Waals surface area contributed by atoms with Gasteiger partial charge in [-0.25, -0.2) is 0 Å². The predicted octanol–water partition coefficient (Wildman–Crippen LogP) is 4.31. The van der Waals surface area contributed by atoms with E-state index in [9.17, 15) is 4.79 Å². The first-order valence-electron chi connectivity index (χ1n) is 9.49. The Morgan fingerprint density at radius 2 is 2.04 bits per heavy atom. The molecule has 0 aliphatic carbocycles. The molecule has 152 valence electrons. The fourth-order valence-electron chi connectivity index (χ4n) is 3.36. The van der Waals surface area contributed by atoms with Crippen molar-refractivity contribution in [3.63, 3.8) is 0 Å². The Labute approximate surface area is 172 Å². The summed E-state index contributed by atoms with van der Waals surface area (Å²) in [6.07, 6.45) is 2.38. The number of rotatable bonds is 11. The van der Waals surface area contributed by atoms with Crippen LogP contribution in [0.25, 0.3) is 0 Å². The zero-order valence-corrected chi connectivity index (χ0v) is 18.0. The van der Waals surface area contributed by atoms with Crippen LogP contribution < -0.4 is 14.8 Å². The van der Waals surface area contributed by atoms with Crippen LogP contribution in [-0.4, -0.2) is 44.7 Å². The Morgan fingerprint density at radius 1 is 1.29 bits per heavy atom. The maximum atomic E-state index is 12.9. The highest BCUT2D eigenvalue weighted by atomic mass is 32.1. The Hall–Kier alpha value is -2.31. The van der Waals surface area contributed by atoms with E-state index in [1.165, 1.54) is 5.56 Å². The molecule has 1 atom stereocenters.